The highest BCUT2D eigenvalue weighted by Crippen LogP contribution is 2.13. The van der Waals surface area contributed by atoms with Gasteiger partial charge in [-0.2, -0.15) is 0 Å². The van der Waals surface area contributed by atoms with Crippen LogP contribution in [-0.2, 0) is 17.8 Å². The van der Waals surface area contributed by atoms with Gasteiger partial charge in [0, 0.05) is 6.42 Å². The van der Waals surface area contributed by atoms with Gasteiger partial charge in [-0.1, -0.05) is 22.8 Å². The van der Waals surface area contributed by atoms with Crippen molar-refractivity contribution in [2.75, 3.05) is 12.5 Å². The number of aryl methyl sites for hydroxylation is 1. The summed E-state index contributed by atoms with van der Waals surface area (Å²) in [6, 6.07) is 0. The molecule has 68 valence electrons. The van der Waals surface area contributed by atoms with E-state index in [0.717, 1.165) is 12.2 Å². The number of nitrogens with zero attached hydrogens (tertiary/aromatic N) is 3. The van der Waals surface area contributed by atoms with Crippen LogP contribution >= 0.6 is 11.8 Å². The molecule has 0 aliphatic heterocycles. The molecule has 0 N–H and O–H groups in total. The molecule has 1 heterocycles. The molecular weight excluding hydrogens is 194 g/mol. The van der Waals surface area contributed by atoms with Crippen LogP contribution in [-0.4, -0.2) is 31.2 Å². The Morgan fingerprint density at radius 3 is 2.67 bits per heavy atom. The minimum absolute atomic E-state index is 0.715. The summed E-state index contributed by atoms with van der Waals surface area (Å²) < 4.78 is 12.6. The number of hydrogen-bond acceptors (Lipinski definition) is 4. The zero-order chi connectivity index (χ0) is 9.14. The Balaban J connectivity index is 3.00. The predicted octanol–water partition coefficient (Wildman–Crippen LogP) is 0.704. The van der Waals surface area contributed by atoms with E-state index in [0.29, 0.717) is 5.16 Å². The summed E-state index contributed by atoms with van der Waals surface area (Å²) in [6.07, 6.45) is 4.26. The van der Waals surface area contributed by atoms with Crippen LogP contribution in [0.25, 0.3) is 0 Å². The minimum atomic E-state index is -1.10. The second-order valence-corrected chi connectivity index (χ2v) is 4.13. The van der Waals surface area contributed by atoms with Crippen molar-refractivity contribution < 1.29 is 4.55 Å². The summed E-state index contributed by atoms with van der Waals surface area (Å²) in [7, 11) is 0. The van der Waals surface area contributed by atoms with Gasteiger partial charge in [0.1, 0.15) is 6.26 Å². The summed E-state index contributed by atoms with van der Waals surface area (Å²) in [4.78, 5) is 4.19. The summed E-state index contributed by atoms with van der Waals surface area (Å²) in [5.41, 5.74) is 0. The number of aromatic nitrogens is 3. The monoisotopic (exact) mass is 205 g/mol. The molecular formula is C6H11N3OS2. The van der Waals surface area contributed by atoms with Crippen molar-refractivity contribution in [1.29, 1.82) is 0 Å². The van der Waals surface area contributed by atoms with Crippen LogP contribution in [0.4, 0.5) is 0 Å². The lowest BCUT2D eigenvalue weighted by atomic mass is 10.5. The molecule has 0 saturated heterocycles. The summed E-state index contributed by atoms with van der Waals surface area (Å²) in [6.45, 7) is 1.97. The lowest BCUT2D eigenvalue weighted by molar-refractivity contribution is 0.578. The number of thioether (sulfide) groups is 1. The molecule has 1 aromatic heterocycles. The van der Waals surface area contributed by atoms with Crippen LogP contribution < -0.4 is 0 Å². The Morgan fingerprint density at radius 1 is 1.67 bits per heavy atom. The molecule has 1 rings (SSSR count). The molecule has 1 unspecified atom stereocenters. The first kappa shape index (κ1) is 9.88. The van der Waals surface area contributed by atoms with Gasteiger partial charge in [-0.25, -0.2) is 4.98 Å². The number of hydrogen-bond donors (Lipinski definition) is 0. The molecule has 1 atom stereocenters. The SMILES string of the molecule is CCc1nc(SC)n([S+](C)[O-])n1. The zero-order valence-electron chi connectivity index (χ0n) is 7.27. The van der Waals surface area contributed by atoms with E-state index in [1.54, 1.807) is 6.26 Å². The maximum atomic E-state index is 11.1. The van der Waals surface area contributed by atoms with E-state index in [-0.39, 0.29) is 0 Å². The molecule has 4 nitrogen and oxygen atoms in total. The summed E-state index contributed by atoms with van der Waals surface area (Å²) in [5, 5.41) is 4.80. The average Bonchev–Trinajstić information content (AvgIpc) is 2.47. The normalized spacial score (nSPS) is 13.3. The Labute approximate surface area is 79.1 Å². The van der Waals surface area contributed by atoms with Crippen LogP contribution in [0.3, 0.4) is 0 Å². The molecule has 0 aliphatic carbocycles. The highest BCUT2D eigenvalue weighted by atomic mass is 32.2. The standard InChI is InChI=1S/C6H11N3OS2/c1-4-5-7-6(11-2)9(8-5)12(3)10/h4H2,1-3H3. The first-order valence-corrected chi connectivity index (χ1v) is 6.26. The first-order valence-electron chi connectivity index (χ1n) is 3.52. The predicted molar refractivity (Wildman–Crippen MR) is 50.6 cm³/mol. The van der Waals surface area contributed by atoms with Gasteiger partial charge in [0.05, 0.1) is 11.4 Å². The van der Waals surface area contributed by atoms with Crippen molar-refractivity contribution in [1.82, 2.24) is 14.2 Å². The van der Waals surface area contributed by atoms with Crippen molar-refractivity contribution in [3.05, 3.63) is 5.82 Å². The third-order valence-electron chi connectivity index (χ3n) is 1.34. The van der Waals surface area contributed by atoms with E-state index in [1.165, 1.54) is 15.8 Å². The molecule has 0 spiro atoms. The van der Waals surface area contributed by atoms with Gasteiger partial charge in [-0.15, -0.1) is 5.10 Å². The third-order valence-corrected chi connectivity index (χ3v) is 2.82. The van der Waals surface area contributed by atoms with E-state index < -0.39 is 11.4 Å². The largest absolute Gasteiger partial charge is 0.591 e. The Morgan fingerprint density at radius 2 is 2.33 bits per heavy atom. The maximum absolute atomic E-state index is 11.1. The second kappa shape index (κ2) is 4.15. The van der Waals surface area contributed by atoms with Crippen molar-refractivity contribution >= 4 is 23.1 Å². The molecule has 0 bridgehead atoms. The van der Waals surface area contributed by atoms with E-state index in [4.69, 9.17) is 0 Å². The fourth-order valence-electron chi connectivity index (χ4n) is 0.764. The Kier molecular flexibility index (Phi) is 3.42. The van der Waals surface area contributed by atoms with Crippen molar-refractivity contribution in [3.8, 4) is 0 Å². The second-order valence-electron chi connectivity index (χ2n) is 2.16. The van der Waals surface area contributed by atoms with Gasteiger partial charge in [-0.05, 0) is 6.26 Å². The molecule has 0 saturated carbocycles. The lowest BCUT2D eigenvalue weighted by Crippen LogP contribution is -2.13. The van der Waals surface area contributed by atoms with Gasteiger partial charge in [0.25, 0.3) is 0 Å². The zero-order valence-corrected chi connectivity index (χ0v) is 8.91. The Hall–Kier alpha value is -0.200. The van der Waals surface area contributed by atoms with Crippen LogP contribution in [0.15, 0.2) is 5.16 Å². The summed E-state index contributed by atoms with van der Waals surface area (Å²) in [5.74, 6) is 0.745. The quantitative estimate of drug-likeness (QED) is 0.538. The highest BCUT2D eigenvalue weighted by molar-refractivity contribution is 7.99. The first-order chi connectivity index (χ1) is 5.69. The molecule has 0 aliphatic rings. The fraction of sp³-hybridized carbons (Fsp3) is 0.667. The van der Waals surface area contributed by atoms with Crippen molar-refractivity contribution in [2.45, 2.75) is 18.5 Å². The van der Waals surface area contributed by atoms with Crippen LogP contribution in [0.2, 0.25) is 0 Å². The maximum Gasteiger partial charge on any atom is 0.236 e. The third kappa shape index (κ3) is 1.94. The highest BCUT2D eigenvalue weighted by Gasteiger charge is 2.14. The molecule has 0 fully saturated rings. The van der Waals surface area contributed by atoms with Gasteiger partial charge in [0.2, 0.25) is 5.16 Å². The van der Waals surface area contributed by atoms with Gasteiger partial charge in [-0.3, -0.25) is 0 Å². The molecule has 12 heavy (non-hydrogen) atoms. The summed E-state index contributed by atoms with van der Waals surface area (Å²) >= 11 is 0.357. The van der Waals surface area contributed by atoms with E-state index >= 15 is 0 Å². The van der Waals surface area contributed by atoms with Gasteiger partial charge in [0.15, 0.2) is 5.82 Å². The molecule has 6 heteroatoms. The Bertz CT molecular complexity index is 261. The molecule has 1 aromatic rings. The number of rotatable bonds is 3. The smallest absolute Gasteiger partial charge is 0.236 e. The minimum Gasteiger partial charge on any atom is -0.591 e. The van der Waals surface area contributed by atoms with E-state index in [1.807, 2.05) is 13.2 Å². The molecule has 0 aromatic carbocycles. The molecule has 0 amide bonds. The van der Waals surface area contributed by atoms with Crippen LogP contribution in [0.5, 0.6) is 0 Å². The van der Waals surface area contributed by atoms with E-state index in [9.17, 15) is 4.55 Å². The van der Waals surface area contributed by atoms with E-state index in [2.05, 4.69) is 10.1 Å². The average molecular weight is 205 g/mol. The van der Waals surface area contributed by atoms with Crippen molar-refractivity contribution in [2.24, 2.45) is 0 Å². The fourth-order valence-corrected chi connectivity index (χ4v) is 2.17. The van der Waals surface area contributed by atoms with Crippen LogP contribution in [0, 0.1) is 0 Å². The topological polar surface area (TPSA) is 53.8 Å². The van der Waals surface area contributed by atoms with Crippen LogP contribution in [0.1, 0.15) is 12.7 Å². The van der Waals surface area contributed by atoms with Gasteiger partial charge < -0.3 is 4.55 Å². The van der Waals surface area contributed by atoms with Gasteiger partial charge >= 0.3 is 0 Å². The lowest BCUT2D eigenvalue weighted by Gasteiger charge is -2.02. The van der Waals surface area contributed by atoms with Crippen molar-refractivity contribution in [3.63, 3.8) is 0 Å². The molecule has 0 radical (unpaired) electrons.